The second-order valence-electron chi connectivity index (χ2n) is 11.1. The first kappa shape index (κ1) is 43.8. The van der Waals surface area contributed by atoms with Crippen LogP contribution in [0.3, 0.4) is 0 Å². The Morgan fingerprint density at radius 1 is 1.05 bits per heavy atom. The molecule has 2 saturated carbocycles. The van der Waals surface area contributed by atoms with Gasteiger partial charge >= 0.3 is 15.6 Å². The SMILES string of the molecule is C.C.C.C=CC[C@]1(O)CC[C@H]2[C@@H]3CCC4=CC(=O)CCC4=C3[C@@H](c3ccc(OS(=O)(=O)C(F)(F)F)cc3)C[C@@]21C.S.S.S. The first-order valence-electron chi connectivity index (χ1n) is 12.7. The molecule has 0 spiro atoms. The van der Waals surface area contributed by atoms with E-state index in [0.717, 1.165) is 30.4 Å². The Morgan fingerprint density at radius 3 is 2.21 bits per heavy atom. The van der Waals surface area contributed by atoms with Crippen molar-refractivity contribution < 1.29 is 35.7 Å². The molecule has 43 heavy (non-hydrogen) atoms. The van der Waals surface area contributed by atoms with Gasteiger partial charge in [-0.25, -0.2) is 0 Å². The summed E-state index contributed by atoms with van der Waals surface area (Å²) in [6, 6.07) is 5.74. The Balaban J connectivity index is 0. The summed E-state index contributed by atoms with van der Waals surface area (Å²) in [6.07, 6.45) is 9.02. The molecule has 4 aliphatic carbocycles. The average Bonchev–Trinajstić information content (AvgIpc) is 3.08. The van der Waals surface area contributed by atoms with Gasteiger partial charge in [0.15, 0.2) is 5.78 Å². The van der Waals surface area contributed by atoms with E-state index in [1.54, 1.807) is 24.3 Å². The van der Waals surface area contributed by atoms with E-state index in [1.165, 1.54) is 23.3 Å². The number of hydrogen-bond donors (Lipinski definition) is 1. The number of allylic oxidation sites excluding steroid dienone is 4. The third-order valence-corrected chi connectivity index (χ3v) is 10.3. The molecule has 0 unspecified atom stereocenters. The molecule has 12 heteroatoms. The van der Waals surface area contributed by atoms with Crippen LogP contribution in [0.4, 0.5) is 13.2 Å². The molecular weight excluding hydrogens is 638 g/mol. The highest BCUT2D eigenvalue weighted by Crippen LogP contribution is 2.67. The van der Waals surface area contributed by atoms with E-state index < -0.39 is 32.4 Å². The van der Waals surface area contributed by atoms with Crippen molar-refractivity contribution in [3.63, 3.8) is 0 Å². The van der Waals surface area contributed by atoms with Gasteiger partial charge in [-0.2, -0.15) is 62.1 Å². The van der Waals surface area contributed by atoms with E-state index in [2.05, 4.69) is 17.7 Å². The van der Waals surface area contributed by atoms with E-state index in [9.17, 15) is 31.5 Å². The zero-order valence-corrected chi connectivity index (χ0v) is 26.0. The fraction of sp³-hybridized carbons (Fsp3) is 0.581. The molecule has 0 bridgehead atoms. The molecule has 1 N–H and O–H groups in total. The van der Waals surface area contributed by atoms with Crippen molar-refractivity contribution in [2.75, 3.05) is 0 Å². The fourth-order valence-corrected chi connectivity index (χ4v) is 8.02. The zero-order chi connectivity index (χ0) is 26.8. The monoisotopic (exact) mass is 686 g/mol. The number of carbonyl (C=O) groups is 1. The van der Waals surface area contributed by atoms with Crippen molar-refractivity contribution in [2.24, 2.45) is 17.3 Å². The Kier molecular flexibility index (Phi) is 15.6. The van der Waals surface area contributed by atoms with Gasteiger partial charge in [0.05, 0.1) is 5.60 Å². The molecular formula is C31H49F3O5S4. The number of alkyl halides is 3. The topological polar surface area (TPSA) is 80.7 Å². The third-order valence-electron chi connectivity index (χ3n) is 9.31. The fourth-order valence-electron chi connectivity index (χ4n) is 7.56. The maximum atomic E-state index is 12.8. The van der Waals surface area contributed by atoms with Crippen LogP contribution in [0, 0.1) is 17.3 Å². The van der Waals surface area contributed by atoms with Gasteiger partial charge in [0.1, 0.15) is 5.75 Å². The molecule has 4 aliphatic rings. The first-order valence-corrected chi connectivity index (χ1v) is 14.1. The summed E-state index contributed by atoms with van der Waals surface area (Å²) in [6.45, 7) is 6.01. The molecule has 1 aromatic rings. The Labute approximate surface area is 276 Å². The van der Waals surface area contributed by atoms with Gasteiger partial charge in [-0.05, 0) is 91.7 Å². The van der Waals surface area contributed by atoms with E-state index in [4.69, 9.17) is 0 Å². The van der Waals surface area contributed by atoms with Gasteiger partial charge < -0.3 is 9.29 Å². The van der Waals surface area contributed by atoms with Crippen molar-refractivity contribution in [3.05, 3.63) is 65.3 Å². The number of carbonyl (C=O) groups excluding carboxylic acids is 1. The lowest BCUT2D eigenvalue weighted by Crippen LogP contribution is -2.51. The maximum Gasteiger partial charge on any atom is 0.534 e. The molecule has 5 atom stereocenters. The smallest absolute Gasteiger partial charge is 0.389 e. The molecule has 2 fully saturated rings. The van der Waals surface area contributed by atoms with Crippen molar-refractivity contribution in [1.29, 1.82) is 0 Å². The number of fused-ring (bicyclic) bond motifs is 4. The number of ketones is 1. The van der Waals surface area contributed by atoms with Crippen LogP contribution in [0.5, 0.6) is 5.75 Å². The summed E-state index contributed by atoms with van der Waals surface area (Å²) < 4.78 is 65.6. The number of halogens is 3. The van der Waals surface area contributed by atoms with E-state index in [1.807, 2.05) is 0 Å². The van der Waals surface area contributed by atoms with E-state index in [0.29, 0.717) is 32.1 Å². The molecule has 0 saturated heterocycles. The summed E-state index contributed by atoms with van der Waals surface area (Å²) in [4.78, 5) is 12.2. The normalized spacial score (nSPS) is 29.1. The van der Waals surface area contributed by atoms with Crippen LogP contribution in [-0.4, -0.2) is 30.4 Å². The van der Waals surface area contributed by atoms with Crippen molar-refractivity contribution in [2.45, 2.75) is 97.6 Å². The summed E-state index contributed by atoms with van der Waals surface area (Å²) in [5, 5.41) is 11.8. The average molecular weight is 687 g/mol. The lowest BCUT2D eigenvalue weighted by molar-refractivity contribution is -0.114. The van der Waals surface area contributed by atoms with Crippen molar-refractivity contribution in [1.82, 2.24) is 0 Å². The van der Waals surface area contributed by atoms with Crippen LogP contribution >= 0.6 is 40.5 Å². The molecule has 0 aliphatic heterocycles. The Hall–Kier alpha value is -1.34. The minimum absolute atomic E-state index is 0. The largest absolute Gasteiger partial charge is 0.534 e. The molecule has 5 nitrogen and oxygen atoms in total. The van der Waals surface area contributed by atoms with Crippen molar-refractivity contribution in [3.8, 4) is 5.75 Å². The number of rotatable bonds is 5. The van der Waals surface area contributed by atoms with E-state index in [-0.39, 0.29) is 86.3 Å². The van der Waals surface area contributed by atoms with Gasteiger partial charge in [0, 0.05) is 17.8 Å². The minimum Gasteiger partial charge on any atom is -0.389 e. The summed E-state index contributed by atoms with van der Waals surface area (Å²) in [5.74, 6) is 0.0931. The molecule has 0 amide bonds. The maximum absolute atomic E-state index is 12.8. The predicted octanol–water partition coefficient (Wildman–Crippen LogP) is 8.37. The summed E-state index contributed by atoms with van der Waals surface area (Å²) in [7, 11) is -5.76. The van der Waals surface area contributed by atoms with Gasteiger partial charge in [-0.3, -0.25) is 4.79 Å². The van der Waals surface area contributed by atoms with Crippen LogP contribution in [0.1, 0.15) is 92.1 Å². The zero-order valence-electron chi connectivity index (χ0n) is 22.2. The standard InChI is InChI=1S/C28H31F3O5S.3CH4.3H2S/c1-3-13-27(33)14-12-24-22-10-6-18-15-19(32)7-11-21(18)25(22)23(16-26(24,27)2)17-4-8-20(9-5-17)36-37(34,35)28(29,30)31;;;;;;/h3-5,8-9,15,22-24,33H,1,6-7,10-14,16H2,2H3;3*1H4;3*1H2/t22-,23+,24-,26-,27-;;;;;;/m0....../s1. The lowest BCUT2D eigenvalue weighted by atomic mass is 9.51. The van der Waals surface area contributed by atoms with Crippen LogP contribution < -0.4 is 4.18 Å². The molecule has 0 radical (unpaired) electrons. The Morgan fingerprint density at radius 2 is 1.65 bits per heavy atom. The summed E-state index contributed by atoms with van der Waals surface area (Å²) >= 11 is 0. The minimum atomic E-state index is -5.76. The quantitative estimate of drug-likeness (QED) is 0.191. The lowest BCUT2D eigenvalue weighted by Gasteiger charge is -2.55. The highest BCUT2D eigenvalue weighted by molar-refractivity contribution is 7.88. The van der Waals surface area contributed by atoms with Crippen LogP contribution in [0.2, 0.25) is 0 Å². The van der Waals surface area contributed by atoms with Gasteiger partial charge in [0.2, 0.25) is 0 Å². The van der Waals surface area contributed by atoms with Crippen LogP contribution in [0.15, 0.2) is 59.7 Å². The van der Waals surface area contributed by atoms with Crippen molar-refractivity contribution >= 4 is 56.4 Å². The molecule has 5 rings (SSSR count). The number of benzene rings is 1. The Bertz CT molecular complexity index is 1310. The van der Waals surface area contributed by atoms with Crippen LogP contribution in [-0.2, 0) is 14.9 Å². The van der Waals surface area contributed by atoms with Gasteiger partial charge in [-0.1, -0.05) is 53.0 Å². The predicted molar refractivity (Wildman–Crippen MR) is 183 cm³/mol. The molecule has 0 heterocycles. The first-order chi connectivity index (χ1) is 17.3. The highest BCUT2D eigenvalue weighted by atomic mass is 32.2. The third kappa shape index (κ3) is 7.39. The highest BCUT2D eigenvalue weighted by Gasteiger charge is 2.62. The molecule has 248 valence electrons. The van der Waals surface area contributed by atoms with Gasteiger partial charge in [-0.15, -0.1) is 6.58 Å². The second-order valence-corrected chi connectivity index (χ2v) is 12.6. The molecule has 1 aromatic carbocycles. The van der Waals surface area contributed by atoms with Gasteiger partial charge in [0.25, 0.3) is 0 Å². The number of aliphatic hydroxyl groups is 1. The molecule has 0 aromatic heterocycles. The van der Waals surface area contributed by atoms with Crippen LogP contribution in [0.25, 0.3) is 0 Å². The summed E-state index contributed by atoms with van der Waals surface area (Å²) in [5.41, 5.74) is -2.44. The van der Waals surface area contributed by atoms with E-state index >= 15 is 0 Å². The number of hydrogen-bond acceptors (Lipinski definition) is 5. The second kappa shape index (κ2) is 15.3.